The van der Waals surface area contributed by atoms with Gasteiger partial charge in [0.05, 0.1) is 21.2 Å². The molecule has 3 aromatic rings. The Morgan fingerprint density at radius 3 is 2.61 bits per heavy atom. The van der Waals surface area contributed by atoms with Crippen LogP contribution in [0.3, 0.4) is 0 Å². The fourth-order valence-corrected chi connectivity index (χ4v) is 7.80. The summed E-state index contributed by atoms with van der Waals surface area (Å²) in [5.74, 6) is -0.153. The van der Waals surface area contributed by atoms with Crippen molar-refractivity contribution in [1.82, 2.24) is 0 Å². The van der Waals surface area contributed by atoms with Crippen LogP contribution < -0.4 is 10.6 Å². The summed E-state index contributed by atoms with van der Waals surface area (Å²) in [6.07, 6.45) is 0.718. The van der Waals surface area contributed by atoms with Gasteiger partial charge < -0.3 is 10.6 Å². The SMILES string of the molecule is CC(=O)Nc1ccc2c(c1)[C@@H]1[C@H](Cl)[C@H](Sc3ccccc3[N+](=O)[O-])C[C@@H]1[C@@H](c1ccc(Cl)cc1Cl)N2. The number of nitrogens with zero attached hydrogens (tertiary/aromatic N) is 1. The molecule has 2 N–H and O–H groups in total. The maximum atomic E-state index is 11.7. The summed E-state index contributed by atoms with van der Waals surface area (Å²) in [7, 11) is 0. The number of nitrogens with one attached hydrogen (secondary N) is 2. The van der Waals surface area contributed by atoms with Gasteiger partial charge in [0, 0.05) is 45.6 Å². The first-order chi connectivity index (χ1) is 17.2. The number of nitro benzene ring substituents is 1. The molecule has 36 heavy (non-hydrogen) atoms. The Hall–Kier alpha value is -2.45. The highest BCUT2D eigenvalue weighted by Crippen LogP contribution is 2.59. The van der Waals surface area contributed by atoms with Crippen molar-refractivity contribution in [3.63, 3.8) is 0 Å². The molecule has 1 aliphatic heterocycles. The molecule has 0 radical (unpaired) electrons. The van der Waals surface area contributed by atoms with E-state index in [1.54, 1.807) is 24.3 Å². The average molecular weight is 563 g/mol. The number of fused-ring (bicyclic) bond motifs is 3. The summed E-state index contributed by atoms with van der Waals surface area (Å²) < 4.78 is 0. The lowest BCUT2D eigenvalue weighted by Crippen LogP contribution is -2.31. The van der Waals surface area contributed by atoms with Gasteiger partial charge in [-0.05, 0) is 59.9 Å². The number of carbonyl (C=O) groups is 1. The van der Waals surface area contributed by atoms with Crippen molar-refractivity contribution >= 4 is 69.5 Å². The van der Waals surface area contributed by atoms with Crippen molar-refractivity contribution in [2.75, 3.05) is 10.6 Å². The second-order valence-electron chi connectivity index (χ2n) is 9.02. The van der Waals surface area contributed by atoms with Gasteiger partial charge in [-0.25, -0.2) is 0 Å². The molecule has 1 fully saturated rings. The van der Waals surface area contributed by atoms with Gasteiger partial charge in [-0.2, -0.15) is 0 Å². The molecule has 0 aromatic heterocycles. The van der Waals surface area contributed by atoms with Crippen LogP contribution in [-0.4, -0.2) is 21.5 Å². The fraction of sp³-hybridized carbons (Fsp3) is 0.269. The first-order valence-electron chi connectivity index (χ1n) is 11.4. The summed E-state index contributed by atoms with van der Waals surface area (Å²) in [5, 5.41) is 18.9. The molecule has 0 spiro atoms. The van der Waals surface area contributed by atoms with E-state index < -0.39 is 0 Å². The molecular formula is C26H22Cl3N3O3S. The minimum absolute atomic E-state index is 0.0614. The highest BCUT2D eigenvalue weighted by Gasteiger charge is 2.50. The van der Waals surface area contributed by atoms with Gasteiger partial charge in [-0.3, -0.25) is 14.9 Å². The van der Waals surface area contributed by atoms with E-state index in [2.05, 4.69) is 10.6 Å². The third-order valence-corrected chi connectivity index (χ3v) is 9.45. The maximum Gasteiger partial charge on any atom is 0.282 e. The summed E-state index contributed by atoms with van der Waals surface area (Å²) >= 11 is 21.4. The Labute approximate surface area is 227 Å². The van der Waals surface area contributed by atoms with Crippen molar-refractivity contribution in [2.45, 2.75) is 40.8 Å². The van der Waals surface area contributed by atoms with Crippen molar-refractivity contribution in [1.29, 1.82) is 0 Å². The second kappa shape index (κ2) is 10.1. The molecule has 5 rings (SSSR count). The van der Waals surface area contributed by atoms with Gasteiger partial charge >= 0.3 is 0 Å². The van der Waals surface area contributed by atoms with Crippen LogP contribution in [0.5, 0.6) is 0 Å². The van der Waals surface area contributed by atoms with E-state index in [4.69, 9.17) is 34.8 Å². The van der Waals surface area contributed by atoms with Crippen LogP contribution >= 0.6 is 46.6 Å². The van der Waals surface area contributed by atoms with Crippen molar-refractivity contribution in [3.05, 3.63) is 92.0 Å². The van der Waals surface area contributed by atoms with Gasteiger partial charge in [-0.15, -0.1) is 23.4 Å². The lowest BCUT2D eigenvalue weighted by atomic mass is 9.77. The molecule has 10 heteroatoms. The number of nitro groups is 1. The Kier molecular flexibility index (Phi) is 7.10. The van der Waals surface area contributed by atoms with Crippen molar-refractivity contribution in [3.8, 4) is 0 Å². The molecular weight excluding hydrogens is 541 g/mol. The molecule has 1 saturated carbocycles. The number of thioether (sulfide) groups is 1. The molecule has 1 amide bonds. The zero-order valence-corrected chi connectivity index (χ0v) is 22.2. The molecule has 0 saturated heterocycles. The van der Waals surface area contributed by atoms with Gasteiger partial charge in [0.2, 0.25) is 5.91 Å². The number of benzene rings is 3. The quantitative estimate of drug-likeness (QED) is 0.188. The van der Waals surface area contributed by atoms with E-state index in [1.165, 1.54) is 24.8 Å². The number of anilines is 2. The van der Waals surface area contributed by atoms with Crippen LogP contribution in [0.15, 0.2) is 65.6 Å². The number of carbonyl (C=O) groups excluding carboxylic acids is 1. The first-order valence-corrected chi connectivity index (χ1v) is 13.5. The van der Waals surface area contributed by atoms with Crippen LogP contribution in [0.25, 0.3) is 0 Å². The van der Waals surface area contributed by atoms with Crippen LogP contribution in [-0.2, 0) is 4.79 Å². The Morgan fingerprint density at radius 1 is 1.11 bits per heavy atom. The molecule has 186 valence electrons. The number of rotatable bonds is 5. The molecule has 2 aliphatic rings. The number of hydrogen-bond donors (Lipinski definition) is 2. The molecule has 0 unspecified atom stereocenters. The molecule has 3 aromatic carbocycles. The number of para-hydroxylation sites is 1. The zero-order chi connectivity index (χ0) is 25.6. The summed E-state index contributed by atoms with van der Waals surface area (Å²) in [6.45, 7) is 1.47. The average Bonchev–Trinajstić information content (AvgIpc) is 3.15. The van der Waals surface area contributed by atoms with E-state index >= 15 is 0 Å². The second-order valence-corrected chi connectivity index (χ2v) is 11.7. The lowest BCUT2D eigenvalue weighted by Gasteiger charge is -2.39. The maximum absolute atomic E-state index is 11.7. The third-order valence-electron chi connectivity index (χ3n) is 6.77. The normalized spacial score (nSPS) is 24.4. The predicted molar refractivity (Wildman–Crippen MR) is 147 cm³/mol. The standard InChI is InChI=1S/C26H22Cl3N3O3S/c1-13(33)30-15-7-9-20-17(11-15)24-18(26(31-20)16-8-6-14(27)10-19(16)28)12-23(25(24)29)36-22-5-3-2-4-21(22)32(34)35/h2-11,18,23-26,31H,12H2,1H3,(H,30,33)/t18-,23+,24-,25+,26+/m0/s1. The van der Waals surface area contributed by atoms with Crippen molar-refractivity contribution in [2.24, 2.45) is 5.92 Å². The number of amides is 1. The van der Waals surface area contributed by atoms with Gasteiger partial charge in [0.25, 0.3) is 5.69 Å². The Morgan fingerprint density at radius 2 is 1.89 bits per heavy atom. The zero-order valence-electron chi connectivity index (χ0n) is 19.1. The molecule has 0 bridgehead atoms. The van der Waals surface area contributed by atoms with E-state index in [1.807, 2.05) is 30.3 Å². The topological polar surface area (TPSA) is 84.3 Å². The predicted octanol–water partition coefficient (Wildman–Crippen LogP) is 7.90. The highest BCUT2D eigenvalue weighted by molar-refractivity contribution is 8.00. The minimum Gasteiger partial charge on any atom is -0.378 e. The fourth-order valence-electron chi connectivity index (χ4n) is 5.33. The number of alkyl halides is 1. The highest BCUT2D eigenvalue weighted by atomic mass is 35.5. The number of hydrogen-bond acceptors (Lipinski definition) is 5. The van der Waals surface area contributed by atoms with Gasteiger partial charge in [-0.1, -0.05) is 41.4 Å². The molecule has 1 heterocycles. The molecule has 6 nitrogen and oxygen atoms in total. The molecule has 5 atom stereocenters. The summed E-state index contributed by atoms with van der Waals surface area (Å²) in [5.41, 5.74) is 3.63. The lowest BCUT2D eigenvalue weighted by molar-refractivity contribution is -0.387. The van der Waals surface area contributed by atoms with Crippen LogP contribution in [0, 0.1) is 16.0 Å². The summed E-state index contributed by atoms with van der Waals surface area (Å²) in [4.78, 5) is 23.5. The first kappa shape index (κ1) is 25.2. The van der Waals surface area contributed by atoms with E-state index in [0.717, 1.165) is 23.2 Å². The smallest absolute Gasteiger partial charge is 0.282 e. The van der Waals surface area contributed by atoms with Crippen molar-refractivity contribution < 1.29 is 9.72 Å². The Bertz CT molecular complexity index is 1360. The Balaban J connectivity index is 1.56. The third kappa shape index (κ3) is 4.77. The van der Waals surface area contributed by atoms with Crippen LogP contribution in [0.4, 0.5) is 17.1 Å². The van der Waals surface area contributed by atoms with E-state index in [-0.39, 0.29) is 45.0 Å². The molecule has 1 aliphatic carbocycles. The van der Waals surface area contributed by atoms with Crippen LogP contribution in [0.2, 0.25) is 10.0 Å². The van der Waals surface area contributed by atoms with Gasteiger partial charge in [0.15, 0.2) is 0 Å². The van der Waals surface area contributed by atoms with E-state index in [0.29, 0.717) is 20.6 Å². The largest absolute Gasteiger partial charge is 0.378 e. The monoisotopic (exact) mass is 561 g/mol. The minimum atomic E-state index is -0.361. The van der Waals surface area contributed by atoms with E-state index in [9.17, 15) is 14.9 Å². The number of halogens is 3. The summed E-state index contributed by atoms with van der Waals surface area (Å²) in [6, 6.07) is 17.9. The van der Waals surface area contributed by atoms with Gasteiger partial charge in [0.1, 0.15) is 0 Å². The van der Waals surface area contributed by atoms with Crippen LogP contribution in [0.1, 0.15) is 36.4 Å².